The Labute approximate surface area is 142 Å². The summed E-state index contributed by atoms with van der Waals surface area (Å²) in [5, 5.41) is 14.7. The second-order valence-electron chi connectivity index (χ2n) is 6.81. The molecular formula is C17H28N2O3S. The highest BCUT2D eigenvalue weighted by atomic mass is 32.1. The summed E-state index contributed by atoms with van der Waals surface area (Å²) in [6, 6.07) is 2.13. The van der Waals surface area contributed by atoms with Crippen LogP contribution in [-0.4, -0.2) is 79.1 Å². The van der Waals surface area contributed by atoms with E-state index in [0.29, 0.717) is 6.54 Å². The number of rotatable bonds is 5. The minimum Gasteiger partial charge on any atom is -0.390 e. The molecule has 0 bridgehead atoms. The van der Waals surface area contributed by atoms with Gasteiger partial charge in [-0.25, -0.2) is 0 Å². The van der Waals surface area contributed by atoms with Gasteiger partial charge in [-0.3, -0.25) is 9.80 Å². The van der Waals surface area contributed by atoms with E-state index in [-0.39, 0.29) is 24.4 Å². The number of hydrogen-bond acceptors (Lipinski definition) is 6. The molecule has 1 aromatic rings. The van der Waals surface area contributed by atoms with Crippen LogP contribution in [0.25, 0.3) is 0 Å². The molecule has 0 amide bonds. The maximum Gasteiger partial charge on any atom is 0.0960 e. The zero-order chi connectivity index (χ0) is 16.2. The molecule has 130 valence electrons. The number of hydrogen-bond donors (Lipinski definition) is 1. The fraction of sp³-hybridized carbons (Fsp3) is 0.765. The maximum absolute atomic E-state index is 10.5. The average molecular weight is 340 g/mol. The third-order valence-corrected chi connectivity index (χ3v) is 5.20. The van der Waals surface area contributed by atoms with Gasteiger partial charge in [-0.05, 0) is 36.2 Å². The highest BCUT2D eigenvalue weighted by Gasteiger charge is 2.27. The van der Waals surface area contributed by atoms with Gasteiger partial charge in [0.25, 0.3) is 0 Å². The van der Waals surface area contributed by atoms with E-state index in [9.17, 15) is 5.11 Å². The monoisotopic (exact) mass is 340 g/mol. The Kier molecular flexibility index (Phi) is 6.07. The number of ether oxygens (including phenoxy) is 2. The number of β-amino-alcohol motifs (C(OH)–C–C–N with tert-alkyl or cyclic N) is 1. The van der Waals surface area contributed by atoms with Crippen molar-refractivity contribution in [3.63, 3.8) is 0 Å². The number of aliphatic hydroxyl groups is 1. The molecule has 0 saturated carbocycles. The Balaban J connectivity index is 1.46. The molecule has 3 heterocycles. The number of nitrogens with zero attached hydrogens (tertiary/aromatic N) is 2. The topological polar surface area (TPSA) is 45.2 Å². The molecule has 6 heteroatoms. The highest BCUT2D eigenvalue weighted by molar-refractivity contribution is 7.07. The van der Waals surface area contributed by atoms with Crippen LogP contribution in [-0.2, 0) is 9.47 Å². The van der Waals surface area contributed by atoms with Crippen molar-refractivity contribution in [2.45, 2.75) is 38.3 Å². The maximum atomic E-state index is 10.5. The van der Waals surface area contributed by atoms with Crippen LogP contribution < -0.4 is 0 Å². The van der Waals surface area contributed by atoms with Gasteiger partial charge in [-0.2, -0.15) is 11.3 Å². The summed E-state index contributed by atoms with van der Waals surface area (Å²) in [5.74, 6) is 0. The zero-order valence-corrected chi connectivity index (χ0v) is 14.9. The standard InChI is InChI=1S/C17H28N2O3S/c1-13-7-19(8-14(2)22-13)10-16(20)9-18-4-5-21-17(11-18)15-3-6-23-12-15/h3,6,12-14,16-17,20H,4-5,7-11H2,1-2H3. The summed E-state index contributed by atoms with van der Waals surface area (Å²) in [6.45, 7) is 9.94. The quantitative estimate of drug-likeness (QED) is 0.882. The van der Waals surface area contributed by atoms with Gasteiger partial charge in [0.15, 0.2) is 0 Å². The third-order valence-electron chi connectivity index (χ3n) is 4.50. The van der Waals surface area contributed by atoms with Crippen LogP contribution in [0.4, 0.5) is 0 Å². The summed E-state index contributed by atoms with van der Waals surface area (Å²) in [7, 11) is 0. The first-order chi connectivity index (χ1) is 11.1. The van der Waals surface area contributed by atoms with Gasteiger partial charge >= 0.3 is 0 Å². The van der Waals surface area contributed by atoms with E-state index < -0.39 is 0 Å². The number of aliphatic hydroxyl groups excluding tert-OH is 1. The second kappa shape index (κ2) is 8.05. The van der Waals surface area contributed by atoms with E-state index in [1.165, 1.54) is 5.56 Å². The van der Waals surface area contributed by atoms with E-state index in [1.54, 1.807) is 11.3 Å². The molecule has 2 saturated heterocycles. The van der Waals surface area contributed by atoms with E-state index in [0.717, 1.165) is 39.3 Å². The van der Waals surface area contributed by atoms with Crippen LogP contribution in [0.3, 0.4) is 0 Å². The van der Waals surface area contributed by atoms with Gasteiger partial charge in [0.1, 0.15) is 0 Å². The summed E-state index contributed by atoms with van der Waals surface area (Å²) < 4.78 is 11.6. The van der Waals surface area contributed by atoms with Gasteiger partial charge in [-0.15, -0.1) is 0 Å². The van der Waals surface area contributed by atoms with Gasteiger partial charge in [0.2, 0.25) is 0 Å². The van der Waals surface area contributed by atoms with Crippen LogP contribution in [0.15, 0.2) is 16.8 Å². The summed E-state index contributed by atoms with van der Waals surface area (Å²) in [5.41, 5.74) is 1.25. The molecule has 0 aromatic carbocycles. The van der Waals surface area contributed by atoms with Gasteiger partial charge in [0.05, 0.1) is 31.0 Å². The van der Waals surface area contributed by atoms with E-state index in [1.807, 2.05) is 0 Å². The highest BCUT2D eigenvalue weighted by Crippen LogP contribution is 2.24. The predicted molar refractivity (Wildman–Crippen MR) is 91.9 cm³/mol. The lowest BCUT2D eigenvalue weighted by Crippen LogP contribution is -2.50. The molecule has 2 aliphatic rings. The SMILES string of the molecule is CC1CN(CC(O)CN2CCOC(c3ccsc3)C2)CC(C)O1. The third kappa shape index (κ3) is 4.98. The largest absolute Gasteiger partial charge is 0.390 e. The predicted octanol–water partition coefficient (Wildman–Crippen LogP) is 1.59. The molecule has 1 aromatic heterocycles. The van der Waals surface area contributed by atoms with Gasteiger partial charge in [0, 0.05) is 39.3 Å². The van der Waals surface area contributed by atoms with Crippen LogP contribution in [0.5, 0.6) is 0 Å². The molecule has 1 N–H and O–H groups in total. The minimum atomic E-state index is -0.325. The molecule has 4 unspecified atom stereocenters. The van der Waals surface area contributed by atoms with Crippen molar-refractivity contribution in [1.29, 1.82) is 0 Å². The smallest absolute Gasteiger partial charge is 0.0960 e. The molecule has 0 radical (unpaired) electrons. The summed E-state index contributed by atoms with van der Waals surface area (Å²) in [4.78, 5) is 4.64. The molecule has 2 aliphatic heterocycles. The Morgan fingerprint density at radius 1 is 1.22 bits per heavy atom. The normalized spacial score (nSPS) is 32.0. The Bertz CT molecular complexity index is 460. The van der Waals surface area contributed by atoms with Gasteiger partial charge < -0.3 is 14.6 Å². The summed E-state index contributed by atoms with van der Waals surface area (Å²) >= 11 is 1.71. The molecule has 3 rings (SSSR count). The fourth-order valence-corrected chi connectivity index (χ4v) is 4.32. The lowest BCUT2D eigenvalue weighted by molar-refractivity contribution is -0.0824. The molecule has 5 nitrogen and oxygen atoms in total. The van der Waals surface area contributed by atoms with Crippen LogP contribution in [0.1, 0.15) is 25.5 Å². The average Bonchev–Trinajstić information content (AvgIpc) is 3.00. The van der Waals surface area contributed by atoms with Crippen molar-refractivity contribution in [2.24, 2.45) is 0 Å². The van der Waals surface area contributed by atoms with Crippen molar-refractivity contribution in [2.75, 3.05) is 45.9 Å². The molecule has 0 spiro atoms. The molecule has 0 aliphatic carbocycles. The molecule has 4 atom stereocenters. The molecule has 2 fully saturated rings. The fourth-order valence-electron chi connectivity index (χ4n) is 3.62. The van der Waals surface area contributed by atoms with Crippen LogP contribution in [0.2, 0.25) is 0 Å². The van der Waals surface area contributed by atoms with Crippen molar-refractivity contribution in [3.8, 4) is 0 Å². The van der Waals surface area contributed by atoms with Crippen molar-refractivity contribution in [1.82, 2.24) is 9.80 Å². The van der Waals surface area contributed by atoms with Crippen molar-refractivity contribution in [3.05, 3.63) is 22.4 Å². The molecular weight excluding hydrogens is 312 g/mol. The van der Waals surface area contributed by atoms with Crippen LogP contribution >= 0.6 is 11.3 Å². The lowest BCUT2D eigenvalue weighted by atomic mass is 10.1. The minimum absolute atomic E-state index is 0.144. The van der Waals surface area contributed by atoms with Crippen molar-refractivity contribution < 1.29 is 14.6 Å². The van der Waals surface area contributed by atoms with E-state index >= 15 is 0 Å². The molecule has 23 heavy (non-hydrogen) atoms. The van der Waals surface area contributed by atoms with Crippen molar-refractivity contribution >= 4 is 11.3 Å². The Morgan fingerprint density at radius 2 is 1.96 bits per heavy atom. The Morgan fingerprint density at radius 3 is 2.65 bits per heavy atom. The van der Waals surface area contributed by atoms with Gasteiger partial charge in [-0.1, -0.05) is 0 Å². The van der Waals surface area contributed by atoms with E-state index in [2.05, 4.69) is 40.5 Å². The number of thiophene rings is 1. The second-order valence-corrected chi connectivity index (χ2v) is 7.59. The van der Waals surface area contributed by atoms with E-state index in [4.69, 9.17) is 9.47 Å². The first kappa shape index (κ1) is 17.3. The zero-order valence-electron chi connectivity index (χ0n) is 14.1. The number of morpholine rings is 2. The summed E-state index contributed by atoms with van der Waals surface area (Å²) in [6.07, 6.45) is 0.314. The lowest BCUT2D eigenvalue weighted by Gasteiger charge is -2.38. The first-order valence-electron chi connectivity index (χ1n) is 8.52. The van der Waals surface area contributed by atoms with Crippen LogP contribution in [0, 0.1) is 0 Å². The Hall–Kier alpha value is -0.500. The first-order valence-corrected chi connectivity index (χ1v) is 9.46.